The van der Waals surface area contributed by atoms with E-state index in [1.165, 1.54) is 40.7 Å². The molecule has 0 saturated heterocycles. The van der Waals surface area contributed by atoms with Gasteiger partial charge in [0.2, 0.25) is 5.91 Å². The molecular formula is C25H29N3O2S2. The number of ether oxygens (including phenoxy) is 1. The largest absolute Gasteiger partial charge is 0.494 e. The zero-order chi connectivity index (χ0) is 23.1. The summed E-state index contributed by atoms with van der Waals surface area (Å²) in [6.07, 6.45) is 8.79. The van der Waals surface area contributed by atoms with E-state index in [9.17, 15) is 4.79 Å². The molecule has 168 valence electrons. The van der Waals surface area contributed by atoms with Gasteiger partial charge in [-0.3, -0.25) is 10.2 Å². The summed E-state index contributed by atoms with van der Waals surface area (Å²) < 4.78 is 5.61. The van der Waals surface area contributed by atoms with Gasteiger partial charge in [0, 0.05) is 15.5 Å². The minimum Gasteiger partial charge on any atom is -0.494 e. The van der Waals surface area contributed by atoms with Crippen LogP contribution in [-0.4, -0.2) is 18.7 Å². The van der Waals surface area contributed by atoms with Gasteiger partial charge in [-0.05, 0) is 61.1 Å². The molecule has 0 fully saturated rings. The number of anilines is 2. The van der Waals surface area contributed by atoms with E-state index in [1.807, 2.05) is 17.5 Å². The Morgan fingerprint density at radius 3 is 2.88 bits per heavy atom. The molecule has 1 aliphatic rings. The highest BCUT2D eigenvalue weighted by Gasteiger charge is 2.21. The van der Waals surface area contributed by atoms with Crippen molar-refractivity contribution in [3.8, 4) is 5.75 Å². The molecule has 0 aliphatic heterocycles. The van der Waals surface area contributed by atoms with Crippen molar-refractivity contribution in [3.05, 3.63) is 74.2 Å². The molecule has 2 aromatic rings. The number of nitrogen functional groups attached to an aromatic ring is 1. The van der Waals surface area contributed by atoms with E-state index in [0.717, 1.165) is 30.6 Å². The predicted molar refractivity (Wildman–Crippen MR) is 138 cm³/mol. The van der Waals surface area contributed by atoms with E-state index in [1.54, 1.807) is 12.1 Å². The Labute approximate surface area is 198 Å². The lowest BCUT2D eigenvalue weighted by atomic mass is 10.0. The first-order valence-electron chi connectivity index (χ1n) is 10.5. The number of benzene rings is 1. The summed E-state index contributed by atoms with van der Waals surface area (Å²) in [6, 6.07) is 7.24. The highest BCUT2D eigenvalue weighted by molar-refractivity contribution is 8.07. The third-order valence-electron chi connectivity index (χ3n) is 5.23. The van der Waals surface area contributed by atoms with Crippen LogP contribution in [0.4, 0.5) is 11.4 Å². The lowest BCUT2D eigenvalue weighted by molar-refractivity contribution is -0.115. The van der Waals surface area contributed by atoms with E-state index in [4.69, 9.17) is 15.9 Å². The Kier molecular flexibility index (Phi) is 8.36. The molecule has 32 heavy (non-hydrogen) atoms. The molecule has 0 saturated carbocycles. The summed E-state index contributed by atoms with van der Waals surface area (Å²) in [5, 5.41) is 13.7. The van der Waals surface area contributed by atoms with Gasteiger partial charge in [0.1, 0.15) is 0 Å². The number of nitrogens with two attached hydrogens (primary N) is 1. The third kappa shape index (κ3) is 5.93. The Morgan fingerprint density at radius 1 is 1.34 bits per heavy atom. The molecule has 1 aromatic carbocycles. The van der Waals surface area contributed by atoms with Crippen LogP contribution in [0.5, 0.6) is 5.75 Å². The van der Waals surface area contributed by atoms with Crippen molar-refractivity contribution < 1.29 is 9.53 Å². The number of thiophene rings is 1. The highest BCUT2D eigenvalue weighted by Crippen LogP contribution is 2.39. The van der Waals surface area contributed by atoms with Crippen LogP contribution in [0.2, 0.25) is 0 Å². The fraction of sp³-hybridized carbons (Fsp3) is 0.280. The van der Waals surface area contributed by atoms with Crippen LogP contribution >= 0.6 is 23.1 Å². The summed E-state index contributed by atoms with van der Waals surface area (Å²) >= 11 is 3.05. The van der Waals surface area contributed by atoms with Gasteiger partial charge in [0.05, 0.1) is 30.5 Å². The van der Waals surface area contributed by atoms with Crippen molar-refractivity contribution in [1.29, 1.82) is 5.41 Å². The van der Waals surface area contributed by atoms with Gasteiger partial charge in [-0.2, -0.15) is 0 Å². The summed E-state index contributed by atoms with van der Waals surface area (Å²) in [6.45, 7) is 6.30. The van der Waals surface area contributed by atoms with Gasteiger partial charge < -0.3 is 15.8 Å². The molecule has 5 nitrogen and oxygen atoms in total. The van der Waals surface area contributed by atoms with Crippen LogP contribution in [0, 0.1) is 5.41 Å². The van der Waals surface area contributed by atoms with Crippen LogP contribution in [-0.2, 0) is 11.2 Å². The number of allylic oxidation sites excluding steroid dienone is 5. The molecule has 0 radical (unpaired) electrons. The molecule has 1 aliphatic carbocycles. The Morgan fingerprint density at radius 2 is 2.16 bits per heavy atom. The molecule has 7 heteroatoms. The second-order valence-electron chi connectivity index (χ2n) is 7.59. The van der Waals surface area contributed by atoms with Crippen molar-refractivity contribution in [3.63, 3.8) is 0 Å². The second kappa shape index (κ2) is 11.2. The van der Waals surface area contributed by atoms with Crippen molar-refractivity contribution in [2.24, 2.45) is 0 Å². The zero-order valence-corrected chi connectivity index (χ0v) is 20.1. The van der Waals surface area contributed by atoms with Crippen molar-refractivity contribution in [2.75, 3.05) is 18.2 Å². The normalized spacial score (nSPS) is 17.2. The van der Waals surface area contributed by atoms with Gasteiger partial charge >= 0.3 is 0 Å². The highest BCUT2D eigenvalue weighted by atomic mass is 32.2. The van der Waals surface area contributed by atoms with E-state index in [0.29, 0.717) is 27.6 Å². The number of rotatable bonds is 8. The average Bonchev–Trinajstić information content (AvgIpc) is 3.26. The first kappa shape index (κ1) is 23.9. The number of nitrogens with one attached hydrogen (secondary N) is 2. The van der Waals surface area contributed by atoms with E-state index < -0.39 is 0 Å². The molecule has 4 N–H and O–H groups in total. The molecule has 3 rings (SSSR count). The number of carbonyl (C=O) groups is 1. The maximum atomic E-state index is 12.5. The number of hydrogen-bond donors (Lipinski definition) is 3. The van der Waals surface area contributed by atoms with Gasteiger partial charge in [0.25, 0.3) is 0 Å². The summed E-state index contributed by atoms with van der Waals surface area (Å²) in [5.41, 5.74) is 9.13. The van der Waals surface area contributed by atoms with Crippen molar-refractivity contribution >= 4 is 46.1 Å². The third-order valence-corrected chi connectivity index (χ3v) is 7.32. The molecular weight excluding hydrogens is 438 g/mol. The van der Waals surface area contributed by atoms with Gasteiger partial charge in [-0.15, -0.1) is 11.3 Å². The lowest BCUT2D eigenvalue weighted by Gasteiger charge is -2.19. The van der Waals surface area contributed by atoms with E-state index in [-0.39, 0.29) is 18.0 Å². The van der Waals surface area contributed by atoms with Crippen LogP contribution < -0.4 is 15.8 Å². The lowest BCUT2D eigenvalue weighted by Crippen LogP contribution is -2.16. The summed E-state index contributed by atoms with van der Waals surface area (Å²) in [4.78, 5) is 15.3. The predicted octanol–water partition coefficient (Wildman–Crippen LogP) is 6.54. The maximum Gasteiger partial charge on any atom is 0.229 e. The SMILES string of the molecule is C=C(S/C1=C(\C)CCC/C=C\C1)C(=N)c1c(N)ccc(NC(=O)Cc2cccs2)c1OC. The topological polar surface area (TPSA) is 88.2 Å². The van der Waals surface area contributed by atoms with Gasteiger partial charge in [-0.25, -0.2) is 0 Å². The van der Waals surface area contributed by atoms with Crippen LogP contribution in [0.25, 0.3) is 0 Å². The molecule has 1 heterocycles. The summed E-state index contributed by atoms with van der Waals surface area (Å²) in [7, 11) is 1.52. The molecule has 0 spiro atoms. The molecule has 1 aromatic heterocycles. The summed E-state index contributed by atoms with van der Waals surface area (Å²) in [5.74, 6) is 0.225. The van der Waals surface area contributed by atoms with Crippen LogP contribution in [0.3, 0.4) is 0 Å². The molecule has 1 amide bonds. The minimum absolute atomic E-state index is 0.150. The zero-order valence-electron chi connectivity index (χ0n) is 18.5. The second-order valence-corrected chi connectivity index (χ2v) is 9.81. The Balaban J connectivity index is 1.82. The number of carbonyl (C=O) groups excluding carboxylic acids is 1. The van der Waals surface area contributed by atoms with Crippen LogP contribution in [0.1, 0.15) is 43.0 Å². The standard InChI is InChI=1S/C25H29N3O2S2/c1-16-9-6-4-5-7-11-21(16)32-17(2)24(27)23-19(26)12-13-20(25(23)30-3)28-22(29)15-18-10-8-14-31-18/h5,7-8,10,12-14,27H,2,4,6,9,11,15,26H2,1,3H3,(H,28,29)/b7-5-,21-16+,27-24?. The molecule has 0 bridgehead atoms. The molecule has 0 unspecified atom stereocenters. The molecule has 0 atom stereocenters. The first-order valence-corrected chi connectivity index (χ1v) is 12.2. The number of thioether (sulfide) groups is 1. The van der Waals surface area contributed by atoms with E-state index >= 15 is 0 Å². The fourth-order valence-electron chi connectivity index (χ4n) is 3.51. The van der Waals surface area contributed by atoms with Gasteiger partial charge in [0.15, 0.2) is 5.75 Å². The van der Waals surface area contributed by atoms with Crippen LogP contribution in [0.15, 0.2) is 63.8 Å². The van der Waals surface area contributed by atoms with Crippen molar-refractivity contribution in [1.82, 2.24) is 0 Å². The Bertz CT molecular complexity index is 1070. The first-order chi connectivity index (χ1) is 15.4. The minimum atomic E-state index is -0.150. The average molecular weight is 468 g/mol. The smallest absolute Gasteiger partial charge is 0.229 e. The van der Waals surface area contributed by atoms with Crippen molar-refractivity contribution in [2.45, 2.75) is 39.0 Å². The quantitative estimate of drug-likeness (QED) is 0.234. The van der Waals surface area contributed by atoms with E-state index in [2.05, 4.69) is 31.0 Å². The number of hydrogen-bond acceptors (Lipinski definition) is 6. The van der Waals surface area contributed by atoms with Gasteiger partial charge in [-0.1, -0.05) is 42.1 Å². The maximum absolute atomic E-state index is 12.5. The monoisotopic (exact) mass is 467 g/mol. The number of amides is 1. The fourth-order valence-corrected chi connectivity index (χ4v) is 5.17. The number of methoxy groups -OCH3 is 1. The Hall–Kier alpha value is -2.77.